The van der Waals surface area contributed by atoms with Crippen LogP contribution < -0.4 is 5.32 Å². The summed E-state index contributed by atoms with van der Waals surface area (Å²) in [6.07, 6.45) is 3.88. The maximum Gasteiger partial charge on any atom is 0.193 e. The molecule has 0 aromatic carbocycles. The maximum atomic E-state index is 9.55. The molecule has 1 aromatic heterocycles. The van der Waals surface area contributed by atoms with Crippen LogP contribution in [-0.4, -0.2) is 73.3 Å². The second kappa shape index (κ2) is 12.9. The van der Waals surface area contributed by atoms with Crippen molar-refractivity contribution in [1.29, 1.82) is 0 Å². The lowest BCUT2D eigenvalue weighted by Gasteiger charge is -2.29. The van der Waals surface area contributed by atoms with Crippen LogP contribution in [0.2, 0.25) is 0 Å². The van der Waals surface area contributed by atoms with Gasteiger partial charge in [-0.15, -0.1) is 35.3 Å². The monoisotopic (exact) mass is 480 g/mol. The Balaban J connectivity index is 0.00000312. The number of nitrogens with zero attached hydrogens (tertiary/aromatic N) is 3. The summed E-state index contributed by atoms with van der Waals surface area (Å²) >= 11 is 1.82. The van der Waals surface area contributed by atoms with Crippen molar-refractivity contribution in [2.75, 3.05) is 46.3 Å². The van der Waals surface area contributed by atoms with Crippen LogP contribution in [0.3, 0.4) is 0 Å². The Morgan fingerprint density at radius 1 is 1.44 bits per heavy atom. The molecule has 2 rings (SSSR count). The highest BCUT2D eigenvalue weighted by Gasteiger charge is 2.16. The Morgan fingerprint density at radius 3 is 2.84 bits per heavy atom. The van der Waals surface area contributed by atoms with E-state index in [-0.39, 0.29) is 30.1 Å². The summed E-state index contributed by atoms with van der Waals surface area (Å²) in [5, 5.41) is 15.1. The third-order valence-electron chi connectivity index (χ3n) is 4.42. The summed E-state index contributed by atoms with van der Waals surface area (Å²) in [6.45, 7) is 7.96. The van der Waals surface area contributed by atoms with Crippen molar-refractivity contribution in [3.63, 3.8) is 0 Å². The Kier molecular flexibility index (Phi) is 11.7. The Labute approximate surface area is 173 Å². The van der Waals surface area contributed by atoms with Crippen molar-refractivity contribution < 1.29 is 5.11 Å². The molecule has 144 valence electrons. The first kappa shape index (κ1) is 22.7. The number of hydrogen-bond acceptors (Lipinski definition) is 4. The number of nitrogens with one attached hydrogen (secondary N) is 1. The Hall–Kier alpha value is -0.380. The smallest absolute Gasteiger partial charge is 0.193 e. The van der Waals surface area contributed by atoms with E-state index in [9.17, 15) is 5.11 Å². The molecule has 0 amide bonds. The molecule has 0 saturated carbocycles. The molecule has 1 aromatic rings. The van der Waals surface area contributed by atoms with Crippen LogP contribution in [0.4, 0.5) is 0 Å². The summed E-state index contributed by atoms with van der Waals surface area (Å²) in [4.78, 5) is 10.9. The normalized spacial score (nSPS) is 16.5. The van der Waals surface area contributed by atoms with Gasteiger partial charge in [0, 0.05) is 44.6 Å². The molecule has 7 heteroatoms. The van der Waals surface area contributed by atoms with E-state index in [0.29, 0.717) is 0 Å². The number of likely N-dealkylation sites (tertiary alicyclic amines) is 1. The summed E-state index contributed by atoms with van der Waals surface area (Å²) in [5.41, 5.74) is 0. The number of aliphatic imine (C=N–C) groups is 1. The molecule has 0 spiro atoms. The Morgan fingerprint density at radius 2 is 2.20 bits per heavy atom. The second-order valence-electron chi connectivity index (χ2n) is 6.41. The molecule has 1 aliphatic heterocycles. The molecule has 0 unspecified atom stereocenters. The van der Waals surface area contributed by atoms with Crippen LogP contribution in [-0.2, 0) is 6.42 Å². The fraction of sp³-hybridized carbons (Fsp3) is 0.722. The highest BCUT2D eigenvalue weighted by atomic mass is 127. The molecule has 1 saturated heterocycles. The van der Waals surface area contributed by atoms with Gasteiger partial charge in [0.15, 0.2) is 5.96 Å². The largest absolute Gasteiger partial charge is 0.393 e. The zero-order chi connectivity index (χ0) is 17.2. The first-order valence-electron chi connectivity index (χ1n) is 9.11. The van der Waals surface area contributed by atoms with Gasteiger partial charge in [-0.2, -0.15) is 0 Å². The van der Waals surface area contributed by atoms with E-state index in [1.807, 2.05) is 11.3 Å². The molecular formula is C18H33IN4OS. The average molecular weight is 480 g/mol. The SMILES string of the molecule is CCNC(=NCCCN1CCC(O)CC1)N(C)CCc1cccs1.I. The van der Waals surface area contributed by atoms with Crippen molar-refractivity contribution in [3.8, 4) is 0 Å². The second-order valence-corrected chi connectivity index (χ2v) is 7.45. The van der Waals surface area contributed by atoms with Crippen LogP contribution in [0.25, 0.3) is 0 Å². The zero-order valence-corrected chi connectivity index (χ0v) is 18.6. The van der Waals surface area contributed by atoms with Crippen molar-refractivity contribution in [1.82, 2.24) is 15.1 Å². The molecule has 2 N–H and O–H groups in total. The molecule has 1 fully saturated rings. The predicted molar refractivity (Wildman–Crippen MR) is 118 cm³/mol. The number of piperidine rings is 1. The fourth-order valence-corrected chi connectivity index (χ4v) is 3.63. The van der Waals surface area contributed by atoms with Gasteiger partial charge < -0.3 is 20.2 Å². The van der Waals surface area contributed by atoms with Gasteiger partial charge in [0.2, 0.25) is 0 Å². The fourth-order valence-electron chi connectivity index (χ4n) is 2.93. The number of thiophene rings is 1. The minimum absolute atomic E-state index is 0. The third-order valence-corrected chi connectivity index (χ3v) is 5.36. The van der Waals surface area contributed by atoms with Gasteiger partial charge in [-0.05, 0) is 50.6 Å². The minimum Gasteiger partial charge on any atom is -0.393 e. The van der Waals surface area contributed by atoms with Gasteiger partial charge in [0.05, 0.1) is 6.10 Å². The first-order valence-corrected chi connectivity index (χ1v) is 9.99. The van der Waals surface area contributed by atoms with E-state index in [1.54, 1.807) is 0 Å². The highest BCUT2D eigenvalue weighted by molar-refractivity contribution is 14.0. The quantitative estimate of drug-likeness (QED) is 0.260. The summed E-state index contributed by atoms with van der Waals surface area (Å²) in [6, 6.07) is 4.30. The van der Waals surface area contributed by atoms with Crippen LogP contribution in [0.5, 0.6) is 0 Å². The van der Waals surface area contributed by atoms with E-state index in [2.05, 4.69) is 46.6 Å². The Bertz CT molecular complexity index is 475. The van der Waals surface area contributed by atoms with Gasteiger partial charge in [-0.3, -0.25) is 4.99 Å². The van der Waals surface area contributed by atoms with Gasteiger partial charge in [0.1, 0.15) is 0 Å². The number of halogens is 1. The summed E-state index contributed by atoms with van der Waals surface area (Å²) < 4.78 is 0. The van der Waals surface area contributed by atoms with E-state index >= 15 is 0 Å². The van der Waals surface area contributed by atoms with Crippen LogP contribution in [0, 0.1) is 0 Å². The molecule has 1 aliphatic rings. The molecule has 0 radical (unpaired) electrons. The lowest BCUT2D eigenvalue weighted by atomic mass is 10.1. The van der Waals surface area contributed by atoms with Gasteiger partial charge >= 0.3 is 0 Å². The van der Waals surface area contributed by atoms with E-state index in [1.165, 1.54) is 4.88 Å². The number of hydrogen-bond donors (Lipinski definition) is 2. The highest BCUT2D eigenvalue weighted by Crippen LogP contribution is 2.10. The van der Waals surface area contributed by atoms with E-state index in [0.717, 1.165) is 70.9 Å². The molecule has 25 heavy (non-hydrogen) atoms. The number of rotatable bonds is 8. The lowest BCUT2D eigenvalue weighted by Crippen LogP contribution is -2.40. The number of aliphatic hydroxyl groups is 1. The topological polar surface area (TPSA) is 51.1 Å². The lowest BCUT2D eigenvalue weighted by molar-refractivity contribution is 0.0824. The van der Waals surface area contributed by atoms with Gasteiger partial charge in [-0.1, -0.05) is 6.07 Å². The minimum atomic E-state index is -0.0865. The molecule has 2 heterocycles. The molecule has 5 nitrogen and oxygen atoms in total. The summed E-state index contributed by atoms with van der Waals surface area (Å²) in [7, 11) is 2.11. The van der Waals surface area contributed by atoms with Gasteiger partial charge in [-0.25, -0.2) is 0 Å². The van der Waals surface area contributed by atoms with Crippen molar-refractivity contribution >= 4 is 41.3 Å². The molecular weight excluding hydrogens is 447 g/mol. The third kappa shape index (κ3) is 8.70. The van der Waals surface area contributed by atoms with Crippen molar-refractivity contribution in [2.24, 2.45) is 4.99 Å². The van der Waals surface area contributed by atoms with Crippen LogP contribution in [0.15, 0.2) is 22.5 Å². The molecule has 0 atom stereocenters. The van der Waals surface area contributed by atoms with Crippen molar-refractivity contribution in [3.05, 3.63) is 22.4 Å². The first-order chi connectivity index (χ1) is 11.7. The van der Waals surface area contributed by atoms with Gasteiger partial charge in [0.25, 0.3) is 0 Å². The number of guanidine groups is 1. The molecule has 0 bridgehead atoms. The van der Waals surface area contributed by atoms with Crippen LogP contribution in [0.1, 0.15) is 31.1 Å². The van der Waals surface area contributed by atoms with Crippen LogP contribution >= 0.6 is 35.3 Å². The predicted octanol–water partition coefficient (Wildman–Crippen LogP) is 2.65. The number of likely N-dealkylation sites (N-methyl/N-ethyl adjacent to an activating group) is 1. The standard InChI is InChI=1S/C18H32N4OS.HI/c1-3-19-18(21(2)12-9-17-6-4-15-24-17)20-10-5-11-22-13-7-16(23)8-14-22;/h4,6,15-16,23H,3,5,7-14H2,1-2H3,(H,19,20);1H. The average Bonchev–Trinajstić information content (AvgIpc) is 3.10. The van der Waals surface area contributed by atoms with E-state index < -0.39 is 0 Å². The van der Waals surface area contributed by atoms with Crippen molar-refractivity contribution in [2.45, 2.75) is 38.7 Å². The zero-order valence-electron chi connectivity index (χ0n) is 15.5. The number of aliphatic hydroxyl groups excluding tert-OH is 1. The maximum absolute atomic E-state index is 9.55. The molecule has 0 aliphatic carbocycles. The summed E-state index contributed by atoms with van der Waals surface area (Å²) in [5.74, 6) is 1.00. The van der Waals surface area contributed by atoms with E-state index in [4.69, 9.17) is 4.99 Å².